The van der Waals surface area contributed by atoms with Gasteiger partial charge in [0.25, 0.3) is 15.9 Å². The van der Waals surface area contributed by atoms with E-state index in [1.54, 1.807) is 60.9 Å². The second kappa shape index (κ2) is 8.25. The molecule has 2 aromatic carbocycles. The van der Waals surface area contributed by atoms with Crippen molar-refractivity contribution in [3.63, 3.8) is 0 Å². The van der Waals surface area contributed by atoms with E-state index in [9.17, 15) is 13.2 Å². The number of nitrogens with one attached hydrogen (secondary N) is 1. The molecule has 0 aliphatic rings. The maximum absolute atomic E-state index is 12.9. The number of rotatable bonds is 6. The number of hydrogen-bond donors (Lipinski definition) is 1. The van der Waals surface area contributed by atoms with Crippen molar-refractivity contribution < 1.29 is 13.2 Å². The van der Waals surface area contributed by atoms with Crippen LogP contribution in [0.1, 0.15) is 15.2 Å². The molecule has 0 saturated heterocycles. The fourth-order valence-corrected chi connectivity index (χ4v) is 5.17. The van der Waals surface area contributed by atoms with E-state index in [0.717, 1.165) is 15.6 Å². The first-order chi connectivity index (χ1) is 14.4. The SMILES string of the molecule is CN(c1ccc2sc(C(=O)NCc3cccnc3)cc2c1)S(=O)(=O)c1ccccc1. The van der Waals surface area contributed by atoms with E-state index in [1.165, 1.54) is 22.7 Å². The zero-order chi connectivity index (χ0) is 21.1. The summed E-state index contributed by atoms with van der Waals surface area (Å²) in [6, 6.07) is 19.2. The summed E-state index contributed by atoms with van der Waals surface area (Å²) in [7, 11) is -2.13. The molecule has 0 atom stereocenters. The van der Waals surface area contributed by atoms with Gasteiger partial charge < -0.3 is 5.32 Å². The minimum absolute atomic E-state index is 0.174. The zero-order valence-corrected chi connectivity index (χ0v) is 17.8. The van der Waals surface area contributed by atoms with Crippen molar-refractivity contribution in [2.24, 2.45) is 0 Å². The molecule has 2 heterocycles. The molecule has 4 rings (SSSR count). The first kappa shape index (κ1) is 20.1. The standard InChI is InChI=1S/C22H19N3O3S2/c1-25(30(27,28)19-7-3-2-4-8-19)18-9-10-20-17(12-18)13-21(29-20)22(26)24-15-16-6-5-11-23-14-16/h2-14H,15H2,1H3,(H,24,26). The first-order valence-electron chi connectivity index (χ1n) is 9.20. The van der Waals surface area contributed by atoms with E-state index in [0.29, 0.717) is 17.1 Å². The number of pyridine rings is 1. The third-order valence-corrected chi connectivity index (χ3v) is 7.58. The Bertz CT molecular complexity index is 1290. The second-order valence-corrected chi connectivity index (χ2v) is 9.72. The zero-order valence-electron chi connectivity index (χ0n) is 16.1. The van der Waals surface area contributed by atoms with Crippen LogP contribution in [0.25, 0.3) is 10.1 Å². The molecular formula is C22H19N3O3S2. The van der Waals surface area contributed by atoms with Crippen LogP contribution >= 0.6 is 11.3 Å². The van der Waals surface area contributed by atoms with Gasteiger partial charge in [-0.25, -0.2) is 8.42 Å². The Morgan fingerprint density at radius 3 is 2.60 bits per heavy atom. The number of fused-ring (bicyclic) bond motifs is 1. The van der Waals surface area contributed by atoms with E-state index in [2.05, 4.69) is 10.3 Å². The topological polar surface area (TPSA) is 79.4 Å². The Balaban J connectivity index is 1.56. The van der Waals surface area contributed by atoms with E-state index in [4.69, 9.17) is 0 Å². The van der Waals surface area contributed by atoms with E-state index >= 15 is 0 Å². The highest BCUT2D eigenvalue weighted by Crippen LogP contribution is 2.31. The summed E-state index contributed by atoms with van der Waals surface area (Å²) in [5.41, 5.74) is 1.45. The summed E-state index contributed by atoms with van der Waals surface area (Å²) >= 11 is 1.37. The van der Waals surface area contributed by atoms with E-state index in [1.807, 2.05) is 18.2 Å². The van der Waals surface area contributed by atoms with Crippen molar-refractivity contribution in [1.82, 2.24) is 10.3 Å². The lowest BCUT2D eigenvalue weighted by Gasteiger charge is -2.19. The molecule has 2 aromatic heterocycles. The largest absolute Gasteiger partial charge is 0.347 e. The van der Waals surface area contributed by atoms with Crippen LogP contribution < -0.4 is 9.62 Å². The summed E-state index contributed by atoms with van der Waals surface area (Å²) in [6.07, 6.45) is 3.39. The predicted molar refractivity (Wildman–Crippen MR) is 119 cm³/mol. The summed E-state index contributed by atoms with van der Waals surface area (Å²) in [4.78, 5) is 17.4. The van der Waals surface area contributed by atoms with Crippen LogP contribution in [0, 0.1) is 0 Å². The summed E-state index contributed by atoms with van der Waals surface area (Å²) < 4.78 is 27.9. The lowest BCUT2D eigenvalue weighted by molar-refractivity contribution is 0.0955. The fraction of sp³-hybridized carbons (Fsp3) is 0.0909. The summed E-state index contributed by atoms with van der Waals surface area (Å²) in [5, 5.41) is 3.70. The normalized spacial score (nSPS) is 11.4. The molecule has 6 nitrogen and oxygen atoms in total. The molecule has 0 unspecified atom stereocenters. The molecule has 8 heteroatoms. The van der Waals surface area contributed by atoms with Gasteiger partial charge in [-0.3, -0.25) is 14.1 Å². The Hall–Kier alpha value is -3.23. The molecular weight excluding hydrogens is 418 g/mol. The Labute approximate surface area is 178 Å². The summed E-state index contributed by atoms with van der Waals surface area (Å²) in [5.74, 6) is -0.174. The maximum Gasteiger partial charge on any atom is 0.264 e. The lowest BCUT2D eigenvalue weighted by atomic mass is 10.2. The van der Waals surface area contributed by atoms with Crippen molar-refractivity contribution in [3.05, 3.63) is 89.6 Å². The van der Waals surface area contributed by atoms with Crippen molar-refractivity contribution in [1.29, 1.82) is 0 Å². The molecule has 30 heavy (non-hydrogen) atoms. The van der Waals surface area contributed by atoms with Crippen LogP contribution in [0.4, 0.5) is 5.69 Å². The van der Waals surface area contributed by atoms with Crippen LogP contribution in [-0.2, 0) is 16.6 Å². The smallest absolute Gasteiger partial charge is 0.264 e. The quantitative estimate of drug-likeness (QED) is 0.494. The number of thiophene rings is 1. The van der Waals surface area contributed by atoms with Crippen molar-refractivity contribution in [3.8, 4) is 0 Å². The van der Waals surface area contributed by atoms with Gasteiger partial charge in [-0.2, -0.15) is 0 Å². The maximum atomic E-state index is 12.9. The van der Waals surface area contributed by atoms with E-state index in [-0.39, 0.29) is 10.8 Å². The monoisotopic (exact) mass is 437 g/mol. The van der Waals surface area contributed by atoms with Crippen LogP contribution in [-0.4, -0.2) is 26.4 Å². The average molecular weight is 438 g/mol. The molecule has 1 amide bonds. The highest BCUT2D eigenvalue weighted by atomic mass is 32.2. The van der Waals surface area contributed by atoms with Gasteiger partial charge in [-0.05, 0) is 53.4 Å². The van der Waals surface area contributed by atoms with Crippen molar-refractivity contribution in [2.75, 3.05) is 11.4 Å². The first-order valence-corrected chi connectivity index (χ1v) is 11.5. The molecule has 0 aliphatic carbocycles. The predicted octanol–water partition coefficient (Wildman–Crippen LogP) is 4.05. The number of benzene rings is 2. The van der Waals surface area contributed by atoms with Gasteiger partial charge in [-0.1, -0.05) is 24.3 Å². The van der Waals surface area contributed by atoms with Gasteiger partial charge >= 0.3 is 0 Å². The van der Waals surface area contributed by atoms with Gasteiger partial charge in [0, 0.05) is 30.7 Å². The van der Waals surface area contributed by atoms with Gasteiger partial charge in [-0.15, -0.1) is 11.3 Å². The number of nitrogens with zero attached hydrogens (tertiary/aromatic N) is 2. The number of hydrogen-bond acceptors (Lipinski definition) is 5. The number of carbonyl (C=O) groups is 1. The Kier molecular flexibility index (Phi) is 5.52. The molecule has 0 spiro atoms. The molecule has 0 bridgehead atoms. The number of amides is 1. The lowest BCUT2D eigenvalue weighted by Crippen LogP contribution is -2.26. The Morgan fingerprint density at radius 2 is 1.87 bits per heavy atom. The van der Waals surface area contributed by atoms with Gasteiger partial charge in [0.2, 0.25) is 0 Å². The Morgan fingerprint density at radius 1 is 1.07 bits per heavy atom. The number of sulfonamides is 1. The third-order valence-electron chi connectivity index (χ3n) is 4.66. The van der Waals surface area contributed by atoms with Crippen LogP contribution in [0.3, 0.4) is 0 Å². The van der Waals surface area contributed by atoms with Crippen molar-refractivity contribution in [2.45, 2.75) is 11.4 Å². The van der Waals surface area contributed by atoms with Gasteiger partial charge in [0.1, 0.15) is 0 Å². The minimum atomic E-state index is -3.66. The molecule has 0 saturated carbocycles. The van der Waals surface area contributed by atoms with Gasteiger partial charge in [0.15, 0.2) is 0 Å². The number of carbonyl (C=O) groups excluding carboxylic acids is 1. The number of aromatic nitrogens is 1. The van der Waals surface area contributed by atoms with Crippen LogP contribution in [0.15, 0.2) is 84.0 Å². The van der Waals surface area contributed by atoms with Crippen molar-refractivity contribution >= 4 is 43.0 Å². The number of anilines is 1. The molecule has 0 radical (unpaired) electrons. The molecule has 0 fully saturated rings. The molecule has 4 aromatic rings. The summed E-state index contributed by atoms with van der Waals surface area (Å²) in [6.45, 7) is 0.393. The molecule has 1 N–H and O–H groups in total. The minimum Gasteiger partial charge on any atom is -0.347 e. The van der Waals surface area contributed by atoms with Crippen LogP contribution in [0.2, 0.25) is 0 Å². The van der Waals surface area contributed by atoms with E-state index < -0.39 is 10.0 Å². The molecule has 152 valence electrons. The highest BCUT2D eigenvalue weighted by molar-refractivity contribution is 7.92. The third kappa shape index (κ3) is 4.05. The van der Waals surface area contributed by atoms with Crippen LogP contribution in [0.5, 0.6) is 0 Å². The fourth-order valence-electron chi connectivity index (χ4n) is 3.00. The van der Waals surface area contributed by atoms with Gasteiger partial charge in [0.05, 0.1) is 15.5 Å². The second-order valence-electron chi connectivity index (χ2n) is 6.66. The highest BCUT2D eigenvalue weighted by Gasteiger charge is 2.21. The molecule has 0 aliphatic heterocycles. The average Bonchev–Trinajstić information content (AvgIpc) is 3.21.